The van der Waals surface area contributed by atoms with Crippen LogP contribution in [0.4, 0.5) is 0 Å². The van der Waals surface area contributed by atoms with Crippen molar-refractivity contribution in [1.29, 1.82) is 0 Å². The molecule has 7 heteroatoms. The fourth-order valence-electron chi connectivity index (χ4n) is 3.45. The van der Waals surface area contributed by atoms with E-state index in [0.29, 0.717) is 33.5 Å². The van der Waals surface area contributed by atoms with Crippen molar-refractivity contribution in [2.75, 3.05) is 0 Å². The van der Waals surface area contributed by atoms with Gasteiger partial charge in [0.2, 0.25) is 5.89 Å². The van der Waals surface area contributed by atoms with Crippen molar-refractivity contribution < 1.29 is 4.42 Å². The van der Waals surface area contributed by atoms with E-state index in [1.807, 2.05) is 68.4 Å². The van der Waals surface area contributed by atoms with E-state index >= 15 is 0 Å². The summed E-state index contributed by atoms with van der Waals surface area (Å²) >= 11 is 1.43. The van der Waals surface area contributed by atoms with Crippen LogP contribution in [-0.2, 0) is 5.75 Å². The molecule has 3 aromatic heterocycles. The first-order chi connectivity index (χ1) is 15.6. The van der Waals surface area contributed by atoms with E-state index in [0.717, 1.165) is 16.8 Å². The highest BCUT2D eigenvalue weighted by Crippen LogP contribution is 2.26. The molecule has 5 rings (SSSR count). The van der Waals surface area contributed by atoms with E-state index in [-0.39, 0.29) is 5.56 Å². The third-order valence-electron chi connectivity index (χ3n) is 5.14. The highest BCUT2D eigenvalue weighted by Gasteiger charge is 2.16. The molecular weight excluding hydrogens is 420 g/mol. The Morgan fingerprint density at radius 2 is 1.78 bits per heavy atom. The van der Waals surface area contributed by atoms with Crippen LogP contribution in [0.1, 0.15) is 16.8 Å². The summed E-state index contributed by atoms with van der Waals surface area (Å²) in [4.78, 5) is 27.2. The number of oxazole rings is 1. The lowest BCUT2D eigenvalue weighted by atomic mass is 10.1. The molecule has 0 radical (unpaired) electrons. The van der Waals surface area contributed by atoms with Crippen molar-refractivity contribution >= 4 is 22.7 Å². The van der Waals surface area contributed by atoms with E-state index in [4.69, 9.17) is 9.40 Å². The highest BCUT2D eigenvalue weighted by atomic mass is 32.2. The molecule has 158 valence electrons. The molecule has 6 nitrogen and oxygen atoms in total. The van der Waals surface area contributed by atoms with Gasteiger partial charge < -0.3 is 4.42 Å². The number of fused-ring (bicyclic) bond motifs is 1. The number of pyridine rings is 1. The number of aryl methyl sites for hydroxylation is 2. The molecule has 0 N–H and O–H groups in total. The van der Waals surface area contributed by atoms with Crippen LogP contribution in [0.15, 0.2) is 87.5 Å². The molecule has 0 bridgehead atoms. The predicted molar refractivity (Wildman–Crippen MR) is 126 cm³/mol. The van der Waals surface area contributed by atoms with Gasteiger partial charge in [0.1, 0.15) is 12.1 Å². The van der Waals surface area contributed by atoms with Crippen LogP contribution in [0.3, 0.4) is 0 Å². The van der Waals surface area contributed by atoms with Crippen molar-refractivity contribution in [3.8, 4) is 17.3 Å². The van der Waals surface area contributed by atoms with Gasteiger partial charge in [-0.25, -0.2) is 19.5 Å². The van der Waals surface area contributed by atoms with Crippen molar-refractivity contribution in [3.05, 3.63) is 100 Å². The van der Waals surface area contributed by atoms with Gasteiger partial charge in [0.15, 0.2) is 5.16 Å². The second-order valence-electron chi connectivity index (χ2n) is 7.49. The lowest BCUT2D eigenvalue weighted by molar-refractivity contribution is 0.573. The summed E-state index contributed by atoms with van der Waals surface area (Å²) < 4.78 is 7.27. The quantitative estimate of drug-likeness (QED) is 0.271. The SMILES string of the molecule is Cc1ccc(-c2nc(CSc3nc4ccccc4c(=O)n3-c3ncccc3C)co2)cc1. The van der Waals surface area contributed by atoms with Crippen molar-refractivity contribution in [1.82, 2.24) is 19.5 Å². The monoisotopic (exact) mass is 440 g/mol. The molecule has 0 unspecified atom stereocenters. The fourth-order valence-corrected chi connectivity index (χ4v) is 4.32. The van der Waals surface area contributed by atoms with E-state index in [2.05, 4.69) is 9.97 Å². The van der Waals surface area contributed by atoms with Gasteiger partial charge in [-0.1, -0.05) is 47.7 Å². The van der Waals surface area contributed by atoms with Gasteiger partial charge in [0.25, 0.3) is 5.56 Å². The summed E-state index contributed by atoms with van der Waals surface area (Å²) in [6.07, 6.45) is 3.33. The largest absolute Gasteiger partial charge is 0.444 e. The summed E-state index contributed by atoms with van der Waals surface area (Å²) in [5.41, 5.74) is 4.30. The van der Waals surface area contributed by atoms with Crippen molar-refractivity contribution in [3.63, 3.8) is 0 Å². The number of para-hydroxylation sites is 1. The second-order valence-corrected chi connectivity index (χ2v) is 8.44. The Kier molecular flexibility index (Phi) is 5.33. The smallest absolute Gasteiger partial charge is 0.267 e. The third kappa shape index (κ3) is 3.83. The van der Waals surface area contributed by atoms with Crippen LogP contribution in [0.2, 0.25) is 0 Å². The first-order valence-corrected chi connectivity index (χ1v) is 11.2. The molecule has 0 aliphatic rings. The molecule has 0 saturated carbocycles. The summed E-state index contributed by atoms with van der Waals surface area (Å²) in [5.74, 6) is 1.66. The van der Waals surface area contributed by atoms with Gasteiger partial charge in [0, 0.05) is 17.5 Å². The predicted octanol–water partition coefficient (Wildman–Crippen LogP) is 5.34. The van der Waals surface area contributed by atoms with Crippen molar-refractivity contribution in [2.24, 2.45) is 0 Å². The molecule has 32 heavy (non-hydrogen) atoms. The number of aromatic nitrogens is 4. The Labute approximate surface area is 189 Å². The minimum atomic E-state index is -0.139. The maximum absolute atomic E-state index is 13.4. The van der Waals surface area contributed by atoms with Crippen LogP contribution in [0, 0.1) is 13.8 Å². The molecule has 0 amide bonds. The average molecular weight is 441 g/mol. The average Bonchev–Trinajstić information content (AvgIpc) is 3.28. The van der Waals surface area contributed by atoms with E-state index in [9.17, 15) is 4.79 Å². The van der Waals surface area contributed by atoms with Gasteiger partial charge in [-0.3, -0.25) is 4.79 Å². The fraction of sp³-hybridized carbons (Fsp3) is 0.120. The van der Waals surface area contributed by atoms with Gasteiger partial charge >= 0.3 is 0 Å². The zero-order valence-electron chi connectivity index (χ0n) is 17.6. The lowest BCUT2D eigenvalue weighted by Crippen LogP contribution is -2.23. The number of hydrogen-bond acceptors (Lipinski definition) is 6. The first-order valence-electron chi connectivity index (χ1n) is 10.2. The standard InChI is InChI=1S/C25H20N4O2S/c1-16-9-11-18(12-10-16)23-27-19(14-31-23)15-32-25-28-21-8-4-3-7-20(21)24(30)29(25)22-17(2)6-5-13-26-22/h3-14H,15H2,1-2H3. The Morgan fingerprint density at radius 3 is 2.59 bits per heavy atom. The molecule has 5 aromatic rings. The molecule has 0 saturated heterocycles. The maximum Gasteiger partial charge on any atom is 0.267 e. The molecular formula is C25H20N4O2S. The summed E-state index contributed by atoms with van der Waals surface area (Å²) in [7, 11) is 0. The Bertz CT molecular complexity index is 1470. The molecule has 0 aliphatic heterocycles. The second kappa shape index (κ2) is 8.43. The minimum Gasteiger partial charge on any atom is -0.444 e. The number of rotatable bonds is 5. The third-order valence-corrected chi connectivity index (χ3v) is 6.11. The van der Waals surface area contributed by atoms with Gasteiger partial charge in [-0.05, 0) is 49.7 Å². The van der Waals surface area contributed by atoms with Crippen LogP contribution in [0.25, 0.3) is 28.2 Å². The molecule has 0 spiro atoms. The van der Waals surface area contributed by atoms with Crippen molar-refractivity contribution in [2.45, 2.75) is 24.8 Å². The van der Waals surface area contributed by atoms with E-state index < -0.39 is 0 Å². The number of thioether (sulfide) groups is 1. The first kappa shape index (κ1) is 20.2. The van der Waals surface area contributed by atoms with Crippen LogP contribution in [0.5, 0.6) is 0 Å². The summed E-state index contributed by atoms with van der Waals surface area (Å²) in [6.45, 7) is 3.98. The maximum atomic E-state index is 13.4. The number of hydrogen-bond donors (Lipinski definition) is 0. The van der Waals surface area contributed by atoms with Gasteiger partial charge in [-0.2, -0.15) is 0 Å². The lowest BCUT2D eigenvalue weighted by Gasteiger charge is -2.13. The van der Waals surface area contributed by atoms with Crippen LogP contribution in [-0.4, -0.2) is 19.5 Å². The Morgan fingerprint density at radius 1 is 0.969 bits per heavy atom. The topological polar surface area (TPSA) is 73.8 Å². The van der Waals surface area contributed by atoms with Gasteiger partial charge in [0.05, 0.1) is 16.6 Å². The molecule has 3 heterocycles. The minimum absolute atomic E-state index is 0.139. The summed E-state index contributed by atoms with van der Waals surface area (Å²) in [5, 5.41) is 1.13. The van der Waals surface area contributed by atoms with E-state index in [1.54, 1.807) is 23.1 Å². The molecule has 0 aliphatic carbocycles. The molecule has 2 aromatic carbocycles. The molecule has 0 fully saturated rings. The normalized spacial score (nSPS) is 11.2. The van der Waals surface area contributed by atoms with E-state index in [1.165, 1.54) is 17.3 Å². The van der Waals surface area contributed by atoms with Crippen LogP contribution >= 0.6 is 11.8 Å². The highest BCUT2D eigenvalue weighted by molar-refractivity contribution is 7.98. The summed E-state index contributed by atoms with van der Waals surface area (Å²) in [6, 6.07) is 19.2. The zero-order chi connectivity index (χ0) is 22.1. The van der Waals surface area contributed by atoms with Crippen LogP contribution < -0.4 is 5.56 Å². The number of nitrogens with zero attached hydrogens (tertiary/aromatic N) is 4. The zero-order valence-corrected chi connectivity index (χ0v) is 18.5. The van der Waals surface area contributed by atoms with Gasteiger partial charge in [-0.15, -0.1) is 0 Å². The molecule has 0 atom stereocenters. The Balaban J connectivity index is 1.52. The Hall–Kier alpha value is -3.71. The number of benzene rings is 2.